The maximum absolute atomic E-state index is 5.65. The third-order valence-electron chi connectivity index (χ3n) is 1.71. The maximum atomic E-state index is 5.65. The summed E-state index contributed by atoms with van der Waals surface area (Å²) in [5.74, 6) is 0.931. The van der Waals surface area contributed by atoms with Crippen LogP contribution in [0.2, 0.25) is 5.15 Å². The quantitative estimate of drug-likeness (QED) is 0.580. The van der Waals surface area contributed by atoms with Crippen LogP contribution in [0.3, 0.4) is 0 Å². The second kappa shape index (κ2) is 1.86. The van der Waals surface area contributed by atoms with Crippen molar-refractivity contribution in [1.29, 1.82) is 0 Å². The monoisotopic (exact) mass is 154 g/mol. The lowest BCUT2D eigenvalue weighted by Gasteiger charge is -2.27. The Morgan fingerprint density at radius 3 is 3.00 bits per heavy atom. The van der Waals surface area contributed by atoms with Crippen molar-refractivity contribution in [3.63, 3.8) is 0 Å². The second-order valence-electron chi connectivity index (χ2n) is 2.44. The first-order chi connectivity index (χ1) is 4.77. The number of rotatable bonds is 0. The molecule has 0 amide bonds. The van der Waals surface area contributed by atoms with E-state index in [1.807, 2.05) is 12.1 Å². The molecule has 1 atom stereocenters. The van der Waals surface area contributed by atoms with E-state index in [9.17, 15) is 0 Å². The highest BCUT2D eigenvalue weighted by Crippen LogP contribution is 2.34. The third kappa shape index (κ3) is 0.688. The molecule has 1 aromatic heterocycles. The summed E-state index contributed by atoms with van der Waals surface area (Å²) in [6.07, 6.45) is 0. The number of fused-ring (bicyclic) bond motifs is 1. The molecule has 0 aliphatic carbocycles. The number of hydrogen-bond donors (Lipinski definition) is 1. The van der Waals surface area contributed by atoms with Crippen LogP contribution in [0.15, 0.2) is 12.1 Å². The molecule has 52 valence electrons. The van der Waals surface area contributed by atoms with Crippen molar-refractivity contribution in [2.45, 2.75) is 13.0 Å². The fraction of sp³-hybridized carbons (Fsp3) is 0.286. The number of pyridine rings is 1. The van der Waals surface area contributed by atoms with Gasteiger partial charge in [0, 0.05) is 5.56 Å². The van der Waals surface area contributed by atoms with Crippen molar-refractivity contribution < 1.29 is 0 Å². The Kier molecular flexibility index (Phi) is 1.11. The summed E-state index contributed by atoms with van der Waals surface area (Å²) in [6, 6.07) is 4.27. The predicted molar refractivity (Wildman–Crippen MR) is 41.3 cm³/mol. The van der Waals surface area contributed by atoms with Crippen LogP contribution in [0.1, 0.15) is 18.5 Å². The van der Waals surface area contributed by atoms with E-state index in [1.165, 1.54) is 5.56 Å². The highest BCUT2D eigenvalue weighted by molar-refractivity contribution is 6.29. The molecule has 0 bridgehead atoms. The highest BCUT2D eigenvalue weighted by atomic mass is 35.5. The summed E-state index contributed by atoms with van der Waals surface area (Å²) in [4.78, 5) is 4.06. The van der Waals surface area contributed by atoms with Gasteiger partial charge in [-0.15, -0.1) is 0 Å². The van der Waals surface area contributed by atoms with E-state index in [1.54, 1.807) is 0 Å². The number of nitrogens with one attached hydrogen (secondary N) is 1. The van der Waals surface area contributed by atoms with E-state index < -0.39 is 0 Å². The van der Waals surface area contributed by atoms with Gasteiger partial charge in [0.05, 0.1) is 6.04 Å². The molecular formula is C7H7ClN2. The number of nitrogens with zero attached hydrogens (tertiary/aromatic N) is 1. The lowest BCUT2D eigenvalue weighted by Crippen LogP contribution is -2.20. The van der Waals surface area contributed by atoms with E-state index in [0.29, 0.717) is 11.2 Å². The fourth-order valence-electron chi connectivity index (χ4n) is 1.12. The minimum Gasteiger partial charge on any atom is -0.363 e. The zero-order chi connectivity index (χ0) is 7.14. The van der Waals surface area contributed by atoms with Gasteiger partial charge in [-0.25, -0.2) is 4.98 Å². The summed E-state index contributed by atoms with van der Waals surface area (Å²) < 4.78 is 0. The third-order valence-corrected chi connectivity index (χ3v) is 1.92. The summed E-state index contributed by atoms with van der Waals surface area (Å²) in [6.45, 7) is 2.10. The maximum Gasteiger partial charge on any atom is 0.133 e. The molecule has 0 aromatic carbocycles. The van der Waals surface area contributed by atoms with E-state index in [4.69, 9.17) is 11.6 Å². The molecule has 0 spiro atoms. The smallest absolute Gasteiger partial charge is 0.133 e. The van der Waals surface area contributed by atoms with Crippen LogP contribution in [0.25, 0.3) is 0 Å². The molecule has 3 heteroatoms. The molecule has 2 nitrogen and oxygen atoms in total. The van der Waals surface area contributed by atoms with Crippen LogP contribution in [0.5, 0.6) is 0 Å². The lowest BCUT2D eigenvalue weighted by molar-refractivity contribution is 0.797. The molecule has 1 aliphatic rings. The van der Waals surface area contributed by atoms with Gasteiger partial charge in [-0.05, 0) is 13.0 Å². The Bertz CT molecular complexity index is 272. The molecule has 0 fully saturated rings. The molecular weight excluding hydrogens is 148 g/mol. The van der Waals surface area contributed by atoms with Gasteiger partial charge in [-0.2, -0.15) is 0 Å². The fourth-order valence-corrected chi connectivity index (χ4v) is 1.26. The molecule has 10 heavy (non-hydrogen) atoms. The first-order valence-corrected chi connectivity index (χ1v) is 3.58. The molecule has 1 N–H and O–H groups in total. The average Bonchev–Trinajstić information content (AvgIpc) is 1.86. The van der Waals surface area contributed by atoms with Crippen molar-refractivity contribution >= 4 is 17.4 Å². The number of anilines is 1. The largest absolute Gasteiger partial charge is 0.363 e. The zero-order valence-corrected chi connectivity index (χ0v) is 6.31. The van der Waals surface area contributed by atoms with Crippen molar-refractivity contribution in [2.24, 2.45) is 0 Å². The van der Waals surface area contributed by atoms with Gasteiger partial charge in [0.25, 0.3) is 0 Å². The molecule has 2 heterocycles. The first-order valence-electron chi connectivity index (χ1n) is 3.20. The Morgan fingerprint density at radius 1 is 1.60 bits per heavy atom. The Labute approximate surface area is 64.2 Å². The van der Waals surface area contributed by atoms with Crippen LogP contribution >= 0.6 is 11.6 Å². The van der Waals surface area contributed by atoms with Crippen molar-refractivity contribution in [2.75, 3.05) is 5.32 Å². The molecule has 0 radical (unpaired) electrons. The van der Waals surface area contributed by atoms with E-state index in [0.717, 1.165) is 5.82 Å². The Morgan fingerprint density at radius 2 is 2.40 bits per heavy atom. The highest BCUT2D eigenvalue weighted by Gasteiger charge is 2.21. The van der Waals surface area contributed by atoms with E-state index in [2.05, 4.69) is 17.2 Å². The molecule has 1 unspecified atom stereocenters. The summed E-state index contributed by atoms with van der Waals surface area (Å²) >= 11 is 5.65. The van der Waals surface area contributed by atoms with Crippen LogP contribution in [0.4, 0.5) is 5.82 Å². The van der Waals surface area contributed by atoms with Crippen LogP contribution < -0.4 is 5.32 Å². The molecule has 2 rings (SSSR count). The molecule has 0 saturated carbocycles. The minimum absolute atomic E-state index is 0.444. The average molecular weight is 155 g/mol. The summed E-state index contributed by atoms with van der Waals surface area (Å²) in [5.41, 5.74) is 1.25. The predicted octanol–water partition coefficient (Wildman–Crippen LogP) is 2.22. The second-order valence-corrected chi connectivity index (χ2v) is 2.83. The Balaban J connectivity index is 2.49. The standard InChI is InChI=1S/C7H7ClN2/c1-4-5-2-3-6(8)10-7(5)9-4/h2-4H,1H3,(H,9,10). The summed E-state index contributed by atoms with van der Waals surface area (Å²) in [7, 11) is 0. The number of halogens is 1. The minimum atomic E-state index is 0.444. The number of aromatic nitrogens is 1. The van der Waals surface area contributed by atoms with Crippen LogP contribution in [0, 0.1) is 0 Å². The first kappa shape index (κ1) is 5.98. The lowest BCUT2D eigenvalue weighted by atomic mass is 10.0. The topological polar surface area (TPSA) is 24.9 Å². The van der Waals surface area contributed by atoms with Crippen LogP contribution in [-0.2, 0) is 0 Å². The van der Waals surface area contributed by atoms with Crippen molar-refractivity contribution in [3.05, 3.63) is 22.8 Å². The van der Waals surface area contributed by atoms with Gasteiger partial charge in [0.15, 0.2) is 0 Å². The van der Waals surface area contributed by atoms with Gasteiger partial charge in [-0.1, -0.05) is 17.7 Å². The number of hydrogen-bond acceptors (Lipinski definition) is 2. The van der Waals surface area contributed by atoms with Crippen LogP contribution in [-0.4, -0.2) is 4.98 Å². The molecule has 1 aromatic rings. The van der Waals surface area contributed by atoms with E-state index >= 15 is 0 Å². The van der Waals surface area contributed by atoms with Crippen molar-refractivity contribution in [3.8, 4) is 0 Å². The van der Waals surface area contributed by atoms with E-state index in [-0.39, 0.29) is 0 Å². The van der Waals surface area contributed by atoms with Gasteiger partial charge >= 0.3 is 0 Å². The summed E-state index contributed by atoms with van der Waals surface area (Å²) in [5, 5.41) is 3.69. The van der Waals surface area contributed by atoms with Gasteiger partial charge in [-0.3, -0.25) is 0 Å². The van der Waals surface area contributed by atoms with Gasteiger partial charge < -0.3 is 5.32 Å². The zero-order valence-electron chi connectivity index (χ0n) is 5.56. The van der Waals surface area contributed by atoms with Gasteiger partial charge in [0.1, 0.15) is 11.0 Å². The normalized spacial score (nSPS) is 20.8. The molecule has 0 saturated heterocycles. The molecule has 1 aliphatic heterocycles. The van der Waals surface area contributed by atoms with Gasteiger partial charge in [0.2, 0.25) is 0 Å². The SMILES string of the molecule is CC1Nc2nc(Cl)ccc21. The Hall–Kier alpha value is -0.760. The van der Waals surface area contributed by atoms with Crippen molar-refractivity contribution in [1.82, 2.24) is 4.98 Å².